The summed E-state index contributed by atoms with van der Waals surface area (Å²) in [5.41, 5.74) is 1.94. The lowest BCUT2D eigenvalue weighted by Gasteiger charge is -2.51. The molecule has 4 aromatic carbocycles. The Kier molecular flexibility index (Phi) is 5.37. The predicted octanol–water partition coefficient (Wildman–Crippen LogP) is 7.26. The molecule has 4 heteroatoms. The summed E-state index contributed by atoms with van der Waals surface area (Å²) in [6.07, 6.45) is 6.07. The third-order valence-electron chi connectivity index (χ3n) is 8.55. The number of phenols is 1. The lowest BCUT2D eigenvalue weighted by molar-refractivity contribution is -0.0352. The third-order valence-corrected chi connectivity index (χ3v) is 8.55. The average molecular weight is 487 g/mol. The number of piperidine rings is 3. The van der Waals surface area contributed by atoms with Gasteiger partial charge in [0.15, 0.2) is 0 Å². The van der Waals surface area contributed by atoms with Gasteiger partial charge < -0.3 is 9.84 Å². The summed E-state index contributed by atoms with van der Waals surface area (Å²) >= 11 is 0. The van der Waals surface area contributed by atoms with Gasteiger partial charge in [-0.3, -0.25) is 9.88 Å². The molecular weight excluding hydrogens is 456 g/mol. The Bertz CT molecular complexity index is 1640. The molecule has 0 saturated carbocycles. The number of aromatic hydroxyl groups is 1. The van der Waals surface area contributed by atoms with Crippen LogP contribution in [0.4, 0.5) is 0 Å². The van der Waals surface area contributed by atoms with Crippen LogP contribution in [0.2, 0.25) is 0 Å². The lowest BCUT2D eigenvalue weighted by atomic mass is 9.73. The van der Waals surface area contributed by atoms with Crippen molar-refractivity contribution >= 4 is 32.4 Å². The molecule has 5 atom stereocenters. The molecule has 3 aliphatic rings. The fourth-order valence-electron chi connectivity index (χ4n) is 6.70. The van der Waals surface area contributed by atoms with Crippen LogP contribution >= 0.6 is 0 Å². The van der Waals surface area contributed by atoms with Crippen LogP contribution in [0.25, 0.3) is 32.4 Å². The highest BCUT2D eigenvalue weighted by Crippen LogP contribution is 2.45. The normalized spacial score (nSPS) is 23.9. The number of phenolic OH excluding ortho intramolecular Hbond substituents is 1. The summed E-state index contributed by atoms with van der Waals surface area (Å²) in [5.74, 6) is 2.29. The minimum absolute atomic E-state index is 0.203. The second-order valence-corrected chi connectivity index (χ2v) is 10.5. The Hall–Kier alpha value is -3.89. The number of ether oxygens (including phenoxy) is 1. The Morgan fingerprint density at radius 1 is 0.946 bits per heavy atom. The van der Waals surface area contributed by atoms with Gasteiger partial charge in [-0.1, -0.05) is 54.6 Å². The minimum atomic E-state index is -0.203. The number of benzene rings is 4. The van der Waals surface area contributed by atoms with Crippen LogP contribution in [-0.4, -0.2) is 34.1 Å². The molecule has 1 aromatic heterocycles. The second kappa shape index (κ2) is 8.89. The van der Waals surface area contributed by atoms with Gasteiger partial charge in [-0.15, -0.1) is 6.58 Å². The predicted molar refractivity (Wildman–Crippen MR) is 150 cm³/mol. The van der Waals surface area contributed by atoms with E-state index < -0.39 is 0 Å². The van der Waals surface area contributed by atoms with Crippen LogP contribution in [0.1, 0.15) is 24.5 Å². The van der Waals surface area contributed by atoms with Crippen LogP contribution in [0.5, 0.6) is 11.5 Å². The monoisotopic (exact) mass is 486 g/mol. The van der Waals surface area contributed by atoms with Gasteiger partial charge in [0, 0.05) is 29.1 Å². The maximum atomic E-state index is 10.4. The van der Waals surface area contributed by atoms with Crippen molar-refractivity contribution in [2.45, 2.75) is 25.0 Å². The summed E-state index contributed by atoms with van der Waals surface area (Å²) in [7, 11) is 0. The largest absolute Gasteiger partial charge is 0.508 e. The van der Waals surface area contributed by atoms with Crippen molar-refractivity contribution in [1.29, 1.82) is 0 Å². The molecule has 37 heavy (non-hydrogen) atoms. The van der Waals surface area contributed by atoms with E-state index in [1.807, 2.05) is 18.3 Å². The molecule has 4 nitrogen and oxygen atoms in total. The topological polar surface area (TPSA) is 45.6 Å². The second-order valence-electron chi connectivity index (χ2n) is 10.5. The first-order valence-corrected chi connectivity index (χ1v) is 13.2. The molecule has 1 unspecified atom stereocenters. The SMILES string of the molecule is C=C[C@H]1CN2CC[C@H]1C[C@H]2[C@H](Oc1cc2ccccc2c2ccccc12)c1ccnc2ccc(O)cc12. The molecule has 3 saturated heterocycles. The van der Waals surface area contributed by atoms with Crippen molar-refractivity contribution in [3.8, 4) is 11.5 Å². The van der Waals surface area contributed by atoms with E-state index in [0.717, 1.165) is 47.1 Å². The fourth-order valence-corrected chi connectivity index (χ4v) is 6.70. The third kappa shape index (κ3) is 3.75. The molecule has 3 fully saturated rings. The fraction of sp³-hybridized carbons (Fsp3) is 0.242. The zero-order valence-electron chi connectivity index (χ0n) is 20.8. The number of fused-ring (bicyclic) bond motifs is 7. The van der Waals surface area contributed by atoms with Gasteiger partial charge in [0.2, 0.25) is 0 Å². The molecule has 4 heterocycles. The Labute approximate surface area is 216 Å². The summed E-state index contributed by atoms with van der Waals surface area (Å²) in [6, 6.07) is 26.9. The number of hydrogen-bond donors (Lipinski definition) is 1. The highest BCUT2D eigenvalue weighted by molar-refractivity contribution is 6.10. The Morgan fingerprint density at radius 2 is 1.76 bits per heavy atom. The summed E-state index contributed by atoms with van der Waals surface area (Å²) in [5, 5.41) is 16.0. The quantitative estimate of drug-likeness (QED) is 0.210. The van der Waals surface area contributed by atoms with Crippen LogP contribution < -0.4 is 4.74 Å². The summed E-state index contributed by atoms with van der Waals surface area (Å²) < 4.78 is 7.15. The highest BCUT2D eigenvalue weighted by Gasteiger charge is 2.44. The van der Waals surface area contributed by atoms with Crippen molar-refractivity contribution in [2.24, 2.45) is 11.8 Å². The van der Waals surface area contributed by atoms with E-state index in [4.69, 9.17) is 4.74 Å². The molecule has 0 amide bonds. The molecule has 5 aromatic rings. The van der Waals surface area contributed by atoms with Gasteiger partial charge in [0.05, 0.1) is 11.6 Å². The van der Waals surface area contributed by atoms with Gasteiger partial charge in [0.25, 0.3) is 0 Å². The number of nitrogens with zero attached hydrogens (tertiary/aromatic N) is 2. The van der Waals surface area contributed by atoms with Gasteiger partial charge in [-0.2, -0.15) is 0 Å². The molecule has 0 aliphatic carbocycles. The van der Waals surface area contributed by atoms with E-state index in [2.05, 4.69) is 83.2 Å². The van der Waals surface area contributed by atoms with Gasteiger partial charge >= 0.3 is 0 Å². The first-order valence-electron chi connectivity index (χ1n) is 13.2. The van der Waals surface area contributed by atoms with Crippen molar-refractivity contribution < 1.29 is 9.84 Å². The molecule has 0 radical (unpaired) electrons. The minimum Gasteiger partial charge on any atom is -0.508 e. The molecule has 8 rings (SSSR count). The van der Waals surface area contributed by atoms with Gasteiger partial charge in [0.1, 0.15) is 17.6 Å². The molecular formula is C33H30N2O2. The first-order chi connectivity index (χ1) is 18.2. The number of pyridine rings is 1. The molecule has 3 aliphatic heterocycles. The summed E-state index contributed by atoms with van der Waals surface area (Å²) in [6.45, 7) is 6.21. The maximum Gasteiger partial charge on any atom is 0.140 e. The van der Waals surface area contributed by atoms with Gasteiger partial charge in [-0.05, 0) is 77.7 Å². The number of rotatable bonds is 5. The lowest BCUT2D eigenvalue weighted by Crippen LogP contribution is -2.55. The standard InChI is InChI=1S/C33H30N2O2/c1-2-21-20-35-16-14-22(21)17-31(35)33(28-13-15-34-30-12-11-24(36)19-29(28)30)37-32-18-23-7-3-4-8-25(23)26-9-5-6-10-27(26)32/h2-13,15,18-19,21-22,31,33,36H,1,14,16-17,20H2/t21-,22-,31-,33+/m0/s1. The average Bonchev–Trinajstić information content (AvgIpc) is 2.96. The zero-order valence-corrected chi connectivity index (χ0v) is 20.8. The zero-order chi connectivity index (χ0) is 24.9. The molecule has 0 spiro atoms. The van der Waals surface area contributed by atoms with Gasteiger partial charge in [-0.25, -0.2) is 0 Å². The van der Waals surface area contributed by atoms with Crippen molar-refractivity contribution in [1.82, 2.24) is 9.88 Å². The van der Waals surface area contributed by atoms with Crippen LogP contribution in [-0.2, 0) is 0 Å². The van der Waals surface area contributed by atoms with Crippen molar-refractivity contribution in [2.75, 3.05) is 13.1 Å². The first kappa shape index (κ1) is 22.3. The van der Waals surface area contributed by atoms with Crippen LogP contribution in [0.15, 0.2) is 97.7 Å². The molecule has 2 bridgehead atoms. The Balaban J connectivity index is 1.41. The molecule has 1 N–H and O–H groups in total. The van der Waals surface area contributed by atoms with Crippen molar-refractivity contribution in [3.05, 3.63) is 103 Å². The van der Waals surface area contributed by atoms with Crippen LogP contribution in [0, 0.1) is 11.8 Å². The number of aromatic nitrogens is 1. The smallest absolute Gasteiger partial charge is 0.140 e. The van der Waals surface area contributed by atoms with E-state index in [1.165, 1.54) is 22.6 Å². The molecule has 184 valence electrons. The number of hydrogen-bond acceptors (Lipinski definition) is 4. The van der Waals surface area contributed by atoms with E-state index in [1.54, 1.807) is 6.07 Å². The summed E-state index contributed by atoms with van der Waals surface area (Å²) in [4.78, 5) is 7.18. The van der Waals surface area contributed by atoms with E-state index >= 15 is 0 Å². The van der Waals surface area contributed by atoms with Crippen molar-refractivity contribution in [3.63, 3.8) is 0 Å². The van der Waals surface area contributed by atoms with E-state index in [0.29, 0.717) is 11.8 Å². The van der Waals surface area contributed by atoms with E-state index in [9.17, 15) is 5.11 Å². The Morgan fingerprint density at radius 3 is 2.57 bits per heavy atom. The highest BCUT2D eigenvalue weighted by atomic mass is 16.5. The van der Waals surface area contributed by atoms with E-state index in [-0.39, 0.29) is 17.9 Å². The van der Waals surface area contributed by atoms with Crippen LogP contribution in [0.3, 0.4) is 0 Å². The maximum absolute atomic E-state index is 10.4.